The van der Waals surface area contributed by atoms with Gasteiger partial charge in [0.2, 0.25) is 0 Å². The van der Waals surface area contributed by atoms with Crippen molar-refractivity contribution in [3.8, 4) is 0 Å². The third kappa shape index (κ3) is 14.3. The first-order valence-corrected chi connectivity index (χ1v) is 16.7. The third-order valence-electron chi connectivity index (χ3n) is 6.23. The molecule has 1 unspecified atom stereocenters. The van der Waals surface area contributed by atoms with Crippen molar-refractivity contribution in [1.82, 2.24) is 0 Å². The highest BCUT2D eigenvalue weighted by atomic mass is 28.4. The van der Waals surface area contributed by atoms with Crippen LogP contribution in [0.5, 0.6) is 0 Å². The fourth-order valence-electron chi connectivity index (χ4n) is 4.80. The normalized spacial score (nSPS) is 23.3. The summed E-state index contributed by atoms with van der Waals surface area (Å²) < 4.78 is 51.2. The Morgan fingerprint density at radius 2 is 1.28 bits per heavy atom. The lowest BCUT2D eigenvalue weighted by atomic mass is 9.98. The molecule has 0 aromatic heterocycles. The van der Waals surface area contributed by atoms with E-state index in [-0.39, 0.29) is 19.1 Å². The van der Waals surface area contributed by atoms with Gasteiger partial charge in [-0.2, -0.15) is 0 Å². The first-order chi connectivity index (χ1) is 20.3. The minimum Gasteiger partial charge on any atom is -0.463 e. The standard InChI is InChI=1S/C29H50O13Si/c1-10-36-43(37-11-2,38-12-3)15-13-14-19(4)16-20(5)17-35-29-28(41-24(9)33)27(40-23(8)32)26(39-22(7)31)25(42-29)18-34-21(6)30/h16,19,25-29H,10-15,17-18H2,1-9H3/b20-16+/t19?,25-,26-,27+,28-,29+/m1/s1. The average Bonchev–Trinajstić information content (AvgIpc) is 2.88. The highest BCUT2D eigenvalue weighted by Gasteiger charge is 2.52. The highest BCUT2D eigenvalue weighted by molar-refractivity contribution is 6.60. The van der Waals surface area contributed by atoms with Crippen LogP contribution in [0.25, 0.3) is 0 Å². The summed E-state index contributed by atoms with van der Waals surface area (Å²) in [6.45, 7) is 15.8. The molecule has 1 heterocycles. The maximum Gasteiger partial charge on any atom is 0.500 e. The van der Waals surface area contributed by atoms with Crippen LogP contribution >= 0.6 is 0 Å². The van der Waals surface area contributed by atoms with Crippen LogP contribution in [0.4, 0.5) is 0 Å². The number of allylic oxidation sites excluding steroid dienone is 1. The number of rotatable bonds is 19. The predicted molar refractivity (Wildman–Crippen MR) is 156 cm³/mol. The molecule has 43 heavy (non-hydrogen) atoms. The van der Waals surface area contributed by atoms with E-state index >= 15 is 0 Å². The predicted octanol–water partition coefficient (Wildman–Crippen LogP) is 3.50. The van der Waals surface area contributed by atoms with Crippen molar-refractivity contribution in [1.29, 1.82) is 0 Å². The Labute approximate surface area is 256 Å². The van der Waals surface area contributed by atoms with Crippen LogP contribution in [0.3, 0.4) is 0 Å². The number of ether oxygens (including phenoxy) is 6. The molecule has 0 saturated carbocycles. The Hall–Kier alpha value is -2.36. The summed E-state index contributed by atoms with van der Waals surface area (Å²) in [6, 6.07) is 0.709. The van der Waals surface area contributed by atoms with Crippen LogP contribution in [0.15, 0.2) is 11.6 Å². The van der Waals surface area contributed by atoms with E-state index in [1.807, 2.05) is 27.7 Å². The molecule has 0 aromatic carbocycles. The van der Waals surface area contributed by atoms with Crippen LogP contribution in [-0.4, -0.2) is 96.4 Å². The zero-order valence-electron chi connectivity index (χ0n) is 27.0. The Morgan fingerprint density at radius 1 is 0.767 bits per heavy atom. The molecule has 1 saturated heterocycles. The van der Waals surface area contributed by atoms with Gasteiger partial charge in [-0.3, -0.25) is 19.2 Å². The molecule has 0 radical (unpaired) electrons. The molecule has 1 rings (SSSR count). The first kappa shape index (κ1) is 38.7. The van der Waals surface area contributed by atoms with Crippen molar-refractivity contribution in [2.24, 2.45) is 5.92 Å². The monoisotopic (exact) mass is 634 g/mol. The van der Waals surface area contributed by atoms with Gasteiger partial charge in [0.1, 0.15) is 12.7 Å². The minimum atomic E-state index is -2.72. The van der Waals surface area contributed by atoms with Crippen molar-refractivity contribution in [2.75, 3.05) is 33.0 Å². The lowest BCUT2D eigenvalue weighted by Gasteiger charge is -2.44. The number of carbonyl (C=O) groups excluding carboxylic acids is 4. The summed E-state index contributed by atoms with van der Waals surface area (Å²) in [5.41, 5.74) is 0.878. The molecule has 14 heteroatoms. The molecule has 6 atom stereocenters. The van der Waals surface area contributed by atoms with E-state index in [1.54, 1.807) is 0 Å². The molecule has 1 aliphatic rings. The summed E-state index contributed by atoms with van der Waals surface area (Å²) in [6.07, 6.45) is -2.30. The van der Waals surface area contributed by atoms with Gasteiger partial charge in [-0.15, -0.1) is 0 Å². The molecule has 0 aliphatic carbocycles. The van der Waals surface area contributed by atoms with Gasteiger partial charge in [-0.05, 0) is 46.5 Å². The summed E-state index contributed by atoms with van der Waals surface area (Å²) in [5, 5.41) is 0. The zero-order valence-corrected chi connectivity index (χ0v) is 28.0. The van der Waals surface area contributed by atoms with Gasteiger partial charge in [0, 0.05) is 53.6 Å². The number of esters is 4. The van der Waals surface area contributed by atoms with Crippen LogP contribution in [-0.2, 0) is 60.9 Å². The fourth-order valence-corrected chi connectivity index (χ4v) is 7.44. The average molecular weight is 635 g/mol. The molecular formula is C29H50O13Si. The van der Waals surface area contributed by atoms with E-state index in [4.69, 9.17) is 41.7 Å². The molecule has 0 spiro atoms. The number of carbonyl (C=O) groups is 4. The Morgan fingerprint density at radius 3 is 1.77 bits per heavy atom. The zero-order chi connectivity index (χ0) is 32.6. The van der Waals surface area contributed by atoms with Crippen molar-refractivity contribution < 1.29 is 60.9 Å². The van der Waals surface area contributed by atoms with E-state index < -0.39 is 63.4 Å². The van der Waals surface area contributed by atoms with Crippen LogP contribution in [0.1, 0.15) is 75.2 Å². The van der Waals surface area contributed by atoms with Crippen molar-refractivity contribution in [3.63, 3.8) is 0 Å². The Kier molecular flexibility index (Phi) is 17.8. The van der Waals surface area contributed by atoms with Gasteiger partial charge in [-0.25, -0.2) is 0 Å². The maximum absolute atomic E-state index is 12.0. The van der Waals surface area contributed by atoms with Crippen LogP contribution in [0.2, 0.25) is 6.04 Å². The van der Waals surface area contributed by atoms with Crippen molar-refractivity contribution in [2.45, 2.75) is 112 Å². The molecular weight excluding hydrogens is 584 g/mol. The van der Waals surface area contributed by atoms with E-state index in [0.717, 1.165) is 18.4 Å². The molecule has 0 bridgehead atoms. The largest absolute Gasteiger partial charge is 0.500 e. The van der Waals surface area contributed by atoms with Gasteiger partial charge in [0.25, 0.3) is 0 Å². The molecule has 1 fully saturated rings. The lowest BCUT2D eigenvalue weighted by Crippen LogP contribution is -2.63. The molecule has 248 valence electrons. The second-order valence-electron chi connectivity index (χ2n) is 10.2. The Bertz CT molecular complexity index is 907. The van der Waals surface area contributed by atoms with E-state index in [1.165, 1.54) is 27.7 Å². The van der Waals surface area contributed by atoms with Gasteiger partial charge in [0.05, 0.1) is 6.61 Å². The fraction of sp³-hybridized carbons (Fsp3) is 0.793. The second-order valence-corrected chi connectivity index (χ2v) is 13.0. The molecule has 0 N–H and O–H groups in total. The second kappa shape index (κ2) is 19.8. The third-order valence-corrected chi connectivity index (χ3v) is 9.38. The van der Waals surface area contributed by atoms with Gasteiger partial charge < -0.3 is 41.7 Å². The van der Waals surface area contributed by atoms with Crippen LogP contribution < -0.4 is 0 Å². The molecule has 0 amide bonds. The smallest absolute Gasteiger partial charge is 0.463 e. The van der Waals surface area contributed by atoms with E-state index in [0.29, 0.717) is 25.9 Å². The van der Waals surface area contributed by atoms with Crippen molar-refractivity contribution in [3.05, 3.63) is 11.6 Å². The quantitative estimate of drug-likeness (QED) is 0.0883. The van der Waals surface area contributed by atoms with E-state index in [9.17, 15) is 19.2 Å². The summed E-state index contributed by atoms with van der Waals surface area (Å²) >= 11 is 0. The van der Waals surface area contributed by atoms with Crippen molar-refractivity contribution >= 4 is 32.7 Å². The summed E-state index contributed by atoms with van der Waals surface area (Å²) in [5.74, 6) is -2.50. The topological polar surface area (TPSA) is 151 Å². The Balaban J connectivity index is 3.05. The van der Waals surface area contributed by atoms with Gasteiger partial charge >= 0.3 is 32.7 Å². The van der Waals surface area contributed by atoms with Gasteiger partial charge in [-0.1, -0.05) is 18.6 Å². The first-order valence-electron chi connectivity index (χ1n) is 14.8. The number of hydrogen-bond donors (Lipinski definition) is 0. The molecule has 13 nitrogen and oxygen atoms in total. The molecule has 1 aliphatic heterocycles. The summed E-state index contributed by atoms with van der Waals surface area (Å²) in [4.78, 5) is 47.4. The van der Waals surface area contributed by atoms with Gasteiger partial charge in [0.15, 0.2) is 24.6 Å². The minimum absolute atomic E-state index is 0.0909. The highest BCUT2D eigenvalue weighted by Crippen LogP contribution is 2.30. The van der Waals surface area contributed by atoms with Crippen LogP contribution in [0, 0.1) is 5.92 Å². The summed E-state index contributed by atoms with van der Waals surface area (Å²) in [7, 11) is -2.72. The SMILES string of the molecule is CCO[Si](CCCC(C)/C=C(\C)CO[C@H]1O[C@H](COC(C)=O)[C@@H](OC(C)=O)[C@H](OC(C)=O)[C@H]1OC(C)=O)(OCC)OCC. The van der Waals surface area contributed by atoms with E-state index in [2.05, 4.69) is 13.0 Å². The maximum atomic E-state index is 12.0. The molecule has 0 aromatic rings. The lowest BCUT2D eigenvalue weighted by molar-refractivity contribution is -0.306. The number of hydrogen-bond acceptors (Lipinski definition) is 13.